The molecule has 0 aromatic heterocycles. The predicted molar refractivity (Wildman–Crippen MR) is 153 cm³/mol. The van der Waals surface area contributed by atoms with Gasteiger partial charge in [-0.15, -0.1) is 0 Å². The third-order valence-corrected chi connectivity index (χ3v) is 6.99. The molecule has 206 valence electrons. The number of carbonyl (C=O) groups excluding carboxylic acids is 3. The molecule has 6 nitrogen and oxygen atoms in total. The number of aryl methyl sites for hydroxylation is 2. The van der Waals surface area contributed by atoms with Crippen molar-refractivity contribution >= 4 is 18.2 Å². The molecule has 4 rings (SSSR count). The van der Waals surface area contributed by atoms with E-state index in [1.54, 1.807) is 27.7 Å². The second kappa shape index (κ2) is 11.4. The Balaban J connectivity index is 2.01. The average Bonchev–Trinajstić information content (AvgIpc) is 3.32. The van der Waals surface area contributed by atoms with E-state index in [-0.39, 0.29) is 24.2 Å². The summed E-state index contributed by atoms with van der Waals surface area (Å²) in [4.78, 5) is 39.6. The second-order valence-corrected chi connectivity index (χ2v) is 10.9. The number of phenols is 1. The Morgan fingerprint density at radius 1 is 0.825 bits per heavy atom. The van der Waals surface area contributed by atoms with Gasteiger partial charge in [0.2, 0.25) is 0 Å². The smallest absolute Gasteiger partial charge is 0.324 e. The number of carbonyl (C=O) groups is 3. The van der Waals surface area contributed by atoms with Gasteiger partial charge in [-0.3, -0.25) is 14.4 Å². The van der Waals surface area contributed by atoms with Gasteiger partial charge in [0.15, 0.2) is 11.7 Å². The van der Waals surface area contributed by atoms with Crippen molar-refractivity contribution in [2.45, 2.75) is 66.6 Å². The topological polar surface area (TPSA) is 89.9 Å². The Labute approximate surface area is 235 Å². The highest BCUT2D eigenvalue weighted by atomic mass is 16.6. The molecule has 0 spiro atoms. The molecular weight excluding hydrogens is 504 g/mol. The lowest BCUT2D eigenvalue weighted by molar-refractivity contribution is -0.176. The van der Waals surface area contributed by atoms with Gasteiger partial charge < -0.3 is 14.6 Å². The van der Waals surface area contributed by atoms with Gasteiger partial charge in [0, 0.05) is 35.1 Å². The maximum atomic E-state index is 13.5. The number of benzene rings is 3. The fraction of sp³-hybridized carbons (Fsp3) is 0.324. The molecule has 6 heteroatoms. The first-order valence-electron chi connectivity index (χ1n) is 13.4. The van der Waals surface area contributed by atoms with Gasteiger partial charge in [0.05, 0.1) is 17.8 Å². The monoisotopic (exact) mass is 538 g/mol. The minimum atomic E-state index is -1.72. The van der Waals surface area contributed by atoms with E-state index in [1.165, 1.54) is 0 Å². The minimum Gasteiger partial charge on any atom is -0.507 e. The van der Waals surface area contributed by atoms with E-state index in [1.807, 2.05) is 62.4 Å². The van der Waals surface area contributed by atoms with E-state index in [0.29, 0.717) is 34.1 Å². The number of fused-ring (bicyclic) bond motifs is 1. The number of rotatable bonds is 6. The van der Waals surface area contributed by atoms with Crippen LogP contribution in [0.1, 0.15) is 71.4 Å². The summed E-state index contributed by atoms with van der Waals surface area (Å²) < 4.78 is 11.1. The average molecular weight is 539 g/mol. The zero-order chi connectivity index (χ0) is 29.2. The molecule has 0 fully saturated rings. The van der Waals surface area contributed by atoms with Gasteiger partial charge in [-0.25, -0.2) is 0 Å². The van der Waals surface area contributed by atoms with E-state index in [4.69, 9.17) is 9.47 Å². The van der Waals surface area contributed by atoms with Crippen LogP contribution in [0.4, 0.5) is 0 Å². The van der Waals surface area contributed by atoms with Crippen molar-refractivity contribution in [3.63, 3.8) is 0 Å². The highest BCUT2D eigenvalue weighted by Gasteiger charge is 2.55. The van der Waals surface area contributed by atoms with Gasteiger partial charge in [0.1, 0.15) is 5.75 Å². The Kier molecular flexibility index (Phi) is 8.16. The van der Waals surface area contributed by atoms with Crippen LogP contribution >= 0.6 is 0 Å². The predicted octanol–water partition coefficient (Wildman–Crippen LogP) is 5.88. The van der Waals surface area contributed by atoms with Gasteiger partial charge in [0.25, 0.3) is 0 Å². The van der Waals surface area contributed by atoms with E-state index < -0.39 is 29.6 Å². The number of esters is 2. The SMILES string of the molecule is Cc1ccc(C#Cc2c3c(c(O)c(C=O)c2-c2ccc(C)cc2)CC(C(=O)OC(C)C)(C(=O)OC(C)C)C3)cc1. The van der Waals surface area contributed by atoms with Crippen molar-refractivity contribution in [3.05, 3.63) is 87.5 Å². The van der Waals surface area contributed by atoms with Crippen molar-refractivity contribution in [1.29, 1.82) is 0 Å². The lowest BCUT2D eigenvalue weighted by Gasteiger charge is -2.26. The summed E-state index contributed by atoms with van der Waals surface area (Å²) in [5.74, 6) is 4.69. The Morgan fingerprint density at radius 2 is 1.32 bits per heavy atom. The van der Waals surface area contributed by atoms with Crippen LogP contribution in [-0.4, -0.2) is 35.5 Å². The summed E-state index contributed by atoms with van der Waals surface area (Å²) in [6.45, 7) is 10.8. The zero-order valence-electron chi connectivity index (χ0n) is 23.8. The minimum absolute atomic E-state index is 0.0565. The third-order valence-electron chi connectivity index (χ3n) is 6.99. The fourth-order valence-electron chi connectivity index (χ4n) is 4.98. The van der Waals surface area contributed by atoms with E-state index in [2.05, 4.69) is 11.8 Å². The van der Waals surface area contributed by atoms with E-state index in [9.17, 15) is 19.5 Å². The van der Waals surface area contributed by atoms with Crippen LogP contribution in [0.15, 0.2) is 48.5 Å². The molecule has 1 aliphatic carbocycles. The maximum Gasteiger partial charge on any atom is 0.324 e. The molecule has 1 aliphatic rings. The van der Waals surface area contributed by atoms with Gasteiger partial charge >= 0.3 is 11.9 Å². The van der Waals surface area contributed by atoms with Crippen molar-refractivity contribution in [2.24, 2.45) is 5.41 Å². The number of hydrogen-bond acceptors (Lipinski definition) is 6. The van der Waals surface area contributed by atoms with Crippen LogP contribution in [0, 0.1) is 31.1 Å². The molecule has 0 heterocycles. The highest BCUT2D eigenvalue weighted by Crippen LogP contribution is 2.49. The number of hydrogen-bond donors (Lipinski definition) is 1. The van der Waals surface area contributed by atoms with Crippen molar-refractivity contribution in [1.82, 2.24) is 0 Å². The largest absolute Gasteiger partial charge is 0.507 e. The van der Waals surface area contributed by atoms with Gasteiger partial charge in [-0.2, -0.15) is 0 Å². The summed E-state index contributed by atoms with van der Waals surface area (Å²) in [7, 11) is 0. The van der Waals surface area contributed by atoms with E-state index in [0.717, 1.165) is 16.7 Å². The van der Waals surface area contributed by atoms with Crippen molar-refractivity contribution in [2.75, 3.05) is 0 Å². The molecule has 0 aliphatic heterocycles. The molecule has 0 radical (unpaired) electrons. The molecule has 3 aromatic carbocycles. The molecule has 0 saturated heterocycles. The van der Waals surface area contributed by atoms with Crippen LogP contribution in [0.2, 0.25) is 0 Å². The Hall–Kier alpha value is -4.37. The summed E-state index contributed by atoms with van der Waals surface area (Å²) in [6.07, 6.45) is -0.589. The lowest BCUT2D eigenvalue weighted by Crippen LogP contribution is -2.44. The number of aldehydes is 1. The van der Waals surface area contributed by atoms with Crippen LogP contribution in [0.5, 0.6) is 5.75 Å². The quantitative estimate of drug-likeness (QED) is 0.183. The third kappa shape index (κ3) is 5.51. The standard InChI is InChI=1S/C34H34O6/c1-20(2)39-32(37)34(33(38)40-21(3)4)17-27-26(16-13-24-11-7-22(5)8-12-24)30(25-14-9-23(6)10-15-25)29(19-35)31(36)28(27)18-34/h7-12,14-15,19-21,36H,17-18H2,1-6H3. The van der Waals surface area contributed by atoms with Crippen LogP contribution < -0.4 is 0 Å². The molecule has 0 atom stereocenters. The Bertz CT molecular complexity index is 1490. The Morgan fingerprint density at radius 3 is 1.82 bits per heavy atom. The normalized spacial score (nSPS) is 13.4. The van der Waals surface area contributed by atoms with Crippen molar-refractivity contribution < 1.29 is 29.0 Å². The molecule has 3 aromatic rings. The number of ether oxygens (including phenoxy) is 2. The molecule has 0 amide bonds. The molecule has 0 unspecified atom stereocenters. The summed E-state index contributed by atoms with van der Waals surface area (Å²) in [6, 6.07) is 15.3. The maximum absolute atomic E-state index is 13.5. The van der Waals surface area contributed by atoms with Gasteiger partial charge in [-0.05, 0) is 64.8 Å². The highest BCUT2D eigenvalue weighted by molar-refractivity contribution is 6.03. The summed E-state index contributed by atoms with van der Waals surface area (Å²) in [5.41, 5.74) is 3.70. The first-order chi connectivity index (χ1) is 19.0. The van der Waals surface area contributed by atoms with Gasteiger partial charge in [-0.1, -0.05) is 59.4 Å². The van der Waals surface area contributed by atoms with E-state index >= 15 is 0 Å². The first kappa shape index (κ1) is 28.6. The fourth-order valence-corrected chi connectivity index (χ4v) is 4.98. The summed E-state index contributed by atoms with van der Waals surface area (Å²) >= 11 is 0. The number of aromatic hydroxyl groups is 1. The molecule has 0 saturated carbocycles. The molecule has 0 bridgehead atoms. The second-order valence-electron chi connectivity index (χ2n) is 10.9. The lowest BCUT2D eigenvalue weighted by atomic mass is 9.84. The molecular formula is C34H34O6. The summed E-state index contributed by atoms with van der Waals surface area (Å²) in [5, 5.41) is 11.4. The molecule has 40 heavy (non-hydrogen) atoms. The first-order valence-corrected chi connectivity index (χ1v) is 13.4. The van der Waals surface area contributed by atoms with Crippen LogP contribution in [0.3, 0.4) is 0 Å². The number of phenolic OH excluding ortho intramolecular Hbond substituents is 1. The molecule has 1 N–H and O–H groups in total. The van der Waals surface area contributed by atoms with Crippen LogP contribution in [-0.2, 0) is 31.9 Å². The van der Waals surface area contributed by atoms with Crippen molar-refractivity contribution in [3.8, 4) is 28.7 Å². The van der Waals surface area contributed by atoms with Crippen LogP contribution in [0.25, 0.3) is 11.1 Å². The zero-order valence-corrected chi connectivity index (χ0v) is 23.8.